The van der Waals surface area contributed by atoms with Crippen molar-refractivity contribution in [1.29, 1.82) is 0 Å². The van der Waals surface area contributed by atoms with Gasteiger partial charge in [-0.25, -0.2) is 4.79 Å². The molecule has 0 unspecified atom stereocenters. The van der Waals surface area contributed by atoms with E-state index in [-0.39, 0.29) is 12.0 Å². The Bertz CT molecular complexity index is 994. The van der Waals surface area contributed by atoms with Gasteiger partial charge >= 0.3 is 5.97 Å². The number of esters is 1. The fourth-order valence-electron chi connectivity index (χ4n) is 4.36. The molecule has 1 aliphatic rings. The molecule has 0 fully saturated rings. The van der Waals surface area contributed by atoms with Crippen molar-refractivity contribution in [2.24, 2.45) is 4.99 Å². The maximum Gasteiger partial charge on any atom is 0.331 e. The second-order valence-electron chi connectivity index (χ2n) is 8.05. The minimum Gasteiger partial charge on any atom is -0.464 e. The van der Waals surface area contributed by atoms with Crippen molar-refractivity contribution in [1.82, 2.24) is 5.32 Å². The van der Waals surface area contributed by atoms with Gasteiger partial charge in [0.2, 0.25) is 0 Å². The van der Waals surface area contributed by atoms with Gasteiger partial charge in [-0.1, -0.05) is 91.0 Å². The van der Waals surface area contributed by atoms with Gasteiger partial charge in [-0.3, -0.25) is 10.3 Å². The molecule has 5 nitrogen and oxygen atoms in total. The summed E-state index contributed by atoms with van der Waals surface area (Å²) in [6, 6.07) is 30.6. The third-order valence-corrected chi connectivity index (χ3v) is 7.04. The van der Waals surface area contributed by atoms with Crippen molar-refractivity contribution in [3.05, 3.63) is 108 Å². The SMILES string of the molecule is CCOC(=O)[C@@H]1CSC([C@H](COC)NC(c2ccccc2)(c2ccccc2)c2ccccc2)=N1. The van der Waals surface area contributed by atoms with Gasteiger partial charge in [0.05, 0.1) is 29.8 Å². The molecule has 0 aliphatic carbocycles. The Morgan fingerprint density at radius 2 is 1.47 bits per heavy atom. The topological polar surface area (TPSA) is 59.9 Å². The van der Waals surface area contributed by atoms with E-state index >= 15 is 0 Å². The van der Waals surface area contributed by atoms with Crippen LogP contribution in [0.25, 0.3) is 0 Å². The minimum atomic E-state index is -0.655. The third-order valence-electron chi connectivity index (χ3n) is 5.87. The molecule has 1 heterocycles. The maximum atomic E-state index is 12.3. The number of carbonyl (C=O) groups is 1. The molecular formula is C28H30N2O3S. The molecule has 3 aromatic rings. The van der Waals surface area contributed by atoms with Gasteiger partial charge in [0.15, 0.2) is 6.04 Å². The first-order valence-electron chi connectivity index (χ1n) is 11.5. The summed E-state index contributed by atoms with van der Waals surface area (Å²) in [5, 5.41) is 4.78. The first-order chi connectivity index (χ1) is 16.7. The van der Waals surface area contributed by atoms with Crippen LogP contribution in [-0.2, 0) is 19.8 Å². The van der Waals surface area contributed by atoms with E-state index in [0.29, 0.717) is 19.0 Å². The molecule has 4 rings (SSSR count). The van der Waals surface area contributed by atoms with Gasteiger partial charge < -0.3 is 9.47 Å². The van der Waals surface area contributed by atoms with Gasteiger partial charge in [0.25, 0.3) is 0 Å². The zero-order chi connectivity index (χ0) is 23.8. The lowest BCUT2D eigenvalue weighted by Crippen LogP contribution is -2.53. The lowest BCUT2D eigenvalue weighted by molar-refractivity contribution is -0.143. The molecule has 0 amide bonds. The molecule has 176 valence electrons. The molecule has 3 aromatic carbocycles. The predicted octanol–water partition coefficient (Wildman–Crippen LogP) is 4.66. The van der Waals surface area contributed by atoms with E-state index in [4.69, 9.17) is 14.5 Å². The zero-order valence-corrected chi connectivity index (χ0v) is 20.3. The number of nitrogens with zero attached hydrogens (tertiary/aromatic N) is 1. The highest BCUT2D eigenvalue weighted by Gasteiger charge is 2.40. The van der Waals surface area contributed by atoms with Crippen molar-refractivity contribution < 1.29 is 14.3 Å². The summed E-state index contributed by atoms with van der Waals surface area (Å²) < 4.78 is 10.9. The number of rotatable bonds is 10. The van der Waals surface area contributed by atoms with Crippen LogP contribution < -0.4 is 5.32 Å². The molecular weight excluding hydrogens is 444 g/mol. The smallest absolute Gasteiger partial charge is 0.331 e. The van der Waals surface area contributed by atoms with Crippen LogP contribution in [0.2, 0.25) is 0 Å². The summed E-state index contributed by atoms with van der Waals surface area (Å²) in [4.78, 5) is 17.1. The average Bonchev–Trinajstić information content (AvgIpc) is 3.39. The highest BCUT2D eigenvalue weighted by Crippen LogP contribution is 2.38. The Morgan fingerprint density at radius 3 is 1.91 bits per heavy atom. The molecule has 0 radical (unpaired) electrons. The molecule has 0 saturated carbocycles. The van der Waals surface area contributed by atoms with Crippen molar-refractivity contribution >= 4 is 22.8 Å². The Labute approximate surface area is 205 Å². The first-order valence-corrected chi connectivity index (χ1v) is 12.5. The fraction of sp³-hybridized carbons (Fsp3) is 0.286. The number of methoxy groups -OCH3 is 1. The second kappa shape index (κ2) is 11.5. The van der Waals surface area contributed by atoms with E-state index < -0.39 is 11.6 Å². The van der Waals surface area contributed by atoms with E-state index in [1.807, 2.05) is 25.1 Å². The monoisotopic (exact) mass is 474 g/mol. The van der Waals surface area contributed by atoms with Crippen LogP contribution in [0.15, 0.2) is 96.0 Å². The van der Waals surface area contributed by atoms with Crippen molar-refractivity contribution in [3.63, 3.8) is 0 Å². The summed E-state index contributed by atoms with van der Waals surface area (Å²) in [7, 11) is 1.69. The molecule has 1 N–H and O–H groups in total. The minimum absolute atomic E-state index is 0.227. The Balaban J connectivity index is 1.83. The van der Waals surface area contributed by atoms with E-state index in [9.17, 15) is 4.79 Å². The molecule has 0 saturated heterocycles. The van der Waals surface area contributed by atoms with E-state index in [1.54, 1.807) is 18.9 Å². The largest absolute Gasteiger partial charge is 0.464 e. The van der Waals surface area contributed by atoms with E-state index in [1.165, 1.54) is 0 Å². The average molecular weight is 475 g/mol. The molecule has 0 spiro atoms. The number of thioether (sulfide) groups is 1. The number of carbonyl (C=O) groups excluding carboxylic acids is 1. The van der Waals surface area contributed by atoms with Crippen LogP contribution in [0, 0.1) is 0 Å². The lowest BCUT2D eigenvalue weighted by Gasteiger charge is -2.40. The molecule has 1 aliphatic heterocycles. The Morgan fingerprint density at radius 1 is 0.971 bits per heavy atom. The molecule has 6 heteroatoms. The third kappa shape index (κ3) is 5.09. The van der Waals surface area contributed by atoms with Crippen LogP contribution in [0.1, 0.15) is 23.6 Å². The molecule has 2 atom stereocenters. The van der Waals surface area contributed by atoms with Crippen LogP contribution in [0.5, 0.6) is 0 Å². The number of hydrogen-bond donors (Lipinski definition) is 1. The van der Waals surface area contributed by atoms with Gasteiger partial charge in [-0.05, 0) is 23.6 Å². The number of aliphatic imine (C=N–C) groups is 1. The van der Waals surface area contributed by atoms with Gasteiger partial charge in [-0.2, -0.15) is 0 Å². The first kappa shape index (κ1) is 24.2. The highest BCUT2D eigenvalue weighted by molar-refractivity contribution is 8.14. The van der Waals surface area contributed by atoms with Crippen LogP contribution in [-0.4, -0.2) is 49.2 Å². The quantitative estimate of drug-likeness (QED) is 0.342. The van der Waals surface area contributed by atoms with Crippen molar-refractivity contribution in [2.75, 3.05) is 26.1 Å². The predicted molar refractivity (Wildman–Crippen MR) is 138 cm³/mol. The fourth-order valence-corrected chi connectivity index (χ4v) is 5.43. The van der Waals surface area contributed by atoms with Crippen LogP contribution in [0.3, 0.4) is 0 Å². The number of nitrogens with one attached hydrogen (secondary N) is 1. The summed E-state index contributed by atoms with van der Waals surface area (Å²) in [6.45, 7) is 2.58. The normalized spacial score (nSPS) is 16.6. The Kier molecular flexibility index (Phi) is 8.16. The van der Waals surface area contributed by atoms with Gasteiger partial charge in [0, 0.05) is 12.9 Å². The van der Waals surface area contributed by atoms with E-state index in [2.05, 4.69) is 78.1 Å². The van der Waals surface area contributed by atoms with Gasteiger partial charge in [0.1, 0.15) is 0 Å². The molecule has 0 bridgehead atoms. The second-order valence-corrected chi connectivity index (χ2v) is 9.09. The van der Waals surface area contributed by atoms with Crippen molar-refractivity contribution in [3.8, 4) is 0 Å². The molecule has 34 heavy (non-hydrogen) atoms. The summed E-state index contributed by atoms with van der Waals surface area (Å²) in [5.41, 5.74) is 2.68. The number of benzene rings is 3. The number of hydrogen-bond acceptors (Lipinski definition) is 6. The van der Waals surface area contributed by atoms with Crippen LogP contribution >= 0.6 is 11.8 Å². The maximum absolute atomic E-state index is 12.3. The summed E-state index contributed by atoms with van der Waals surface area (Å²) in [6.07, 6.45) is 0. The lowest BCUT2D eigenvalue weighted by atomic mass is 9.76. The summed E-state index contributed by atoms with van der Waals surface area (Å²) >= 11 is 1.59. The Hall–Kier alpha value is -2.93. The zero-order valence-electron chi connectivity index (χ0n) is 19.5. The number of ether oxygens (including phenoxy) is 2. The summed E-state index contributed by atoms with van der Waals surface area (Å²) in [5.74, 6) is 0.298. The standard InChI is InChI=1S/C28H30N2O3S/c1-3-33-27(31)25-20-34-26(29-25)24(19-32-2)30-28(21-13-7-4-8-14-21,22-15-9-5-10-16-22)23-17-11-6-12-18-23/h4-18,24-25,30H,3,19-20H2,1-2H3/t24-,25-/m0/s1. The van der Waals surface area contributed by atoms with E-state index in [0.717, 1.165) is 21.7 Å². The van der Waals surface area contributed by atoms with Crippen LogP contribution in [0.4, 0.5) is 0 Å². The molecule has 0 aromatic heterocycles. The van der Waals surface area contributed by atoms with Gasteiger partial charge in [-0.15, -0.1) is 11.8 Å². The van der Waals surface area contributed by atoms with Crippen molar-refractivity contribution in [2.45, 2.75) is 24.5 Å². The highest BCUT2D eigenvalue weighted by atomic mass is 32.2.